The zero-order valence-corrected chi connectivity index (χ0v) is 44.1. The van der Waals surface area contributed by atoms with Gasteiger partial charge in [0.25, 0.3) is 0 Å². The maximum atomic E-state index is 13.0. The van der Waals surface area contributed by atoms with Crippen molar-refractivity contribution in [2.75, 3.05) is 33.0 Å². The second-order valence-electron chi connectivity index (χ2n) is 19.0. The van der Waals surface area contributed by atoms with Gasteiger partial charge in [0.05, 0.1) is 26.4 Å². The Hall–Kier alpha value is -2.83. The van der Waals surface area contributed by atoms with Crippen molar-refractivity contribution in [2.24, 2.45) is 0 Å². The Morgan fingerprint density at radius 3 is 1.42 bits per heavy atom. The summed E-state index contributed by atoms with van der Waals surface area (Å²) >= 11 is 0. The number of esters is 1. The van der Waals surface area contributed by atoms with Gasteiger partial charge < -0.3 is 64.2 Å². The monoisotopic (exact) mass is 1020 g/mol. The molecular weight excluding hydrogens is 921 g/mol. The summed E-state index contributed by atoms with van der Waals surface area (Å²) in [6.45, 7) is 3.49. The molecule has 0 amide bonds. The maximum Gasteiger partial charge on any atom is 0.306 e. The molecule has 14 nitrogen and oxygen atoms in total. The van der Waals surface area contributed by atoms with Crippen LogP contribution < -0.4 is 0 Å². The predicted octanol–water partition coefficient (Wildman–Crippen LogP) is 9.24. The zero-order chi connectivity index (χ0) is 52.3. The fraction of sp³-hybridized carbons (Fsp3) is 0.741. The molecule has 0 saturated carbocycles. The van der Waals surface area contributed by atoms with Crippen LogP contribution in [0.25, 0.3) is 0 Å². The summed E-state index contributed by atoms with van der Waals surface area (Å²) in [6, 6.07) is 0. The van der Waals surface area contributed by atoms with Crippen LogP contribution in [0, 0.1) is 0 Å². The van der Waals surface area contributed by atoms with Crippen LogP contribution in [0.15, 0.2) is 85.1 Å². The van der Waals surface area contributed by atoms with E-state index in [0.29, 0.717) is 13.0 Å². The molecule has 0 aromatic heterocycles. The van der Waals surface area contributed by atoms with E-state index in [4.69, 9.17) is 28.4 Å². The lowest BCUT2D eigenvalue weighted by Crippen LogP contribution is -2.61. The molecule has 11 atom stereocenters. The first-order valence-electron chi connectivity index (χ1n) is 27.7. The Labute approximate surface area is 433 Å². The highest BCUT2D eigenvalue weighted by molar-refractivity contribution is 5.69. The van der Waals surface area contributed by atoms with E-state index in [9.17, 15) is 40.5 Å². The van der Waals surface area contributed by atoms with Gasteiger partial charge in [0.15, 0.2) is 12.6 Å². The Kier molecular flexibility index (Phi) is 40.3. The molecule has 11 unspecified atom stereocenters. The van der Waals surface area contributed by atoms with E-state index in [0.717, 1.165) is 116 Å². The molecule has 0 radical (unpaired) electrons. The summed E-state index contributed by atoms with van der Waals surface area (Å²) in [6.07, 6.45) is 40.6. The molecule has 2 aliphatic rings. The van der Waals surface area contributed by atoms with Crippen molar-refractivity contribution in [2.45, 2.75) is 242 Å². The van der Waals surface area contributed by atoms with Crippen LogP contribution in [0.5, 0.6) is 0 Å². The van der Waals surface area contributed by atoms with Crippen molar-refractivity contribution in [3.63, 3.8) is 0 Å². The van der Waals surface area contributed by atoms with Gasteiger partial charge in [0.2, 0.25) is 0 Å². The van der Waals surface area contributed by atoms with E-state index in [2.05, 4.69) is 98.9 Å². The third-order valence-corrected chi connectivity index (χ3v) is 12.6. The standard InChI is InChI=1S/C58H98O14/c1-3-5-7-9-11-13-15-17-19-21-22-23-24-25-26-28-30-32-34-36-38-40-42-67-44-47(70-50(60)41-39-37-35-33-31-29-27-20-18-16-14-12-10-8-6-4-2)45-68-57-56(66)54(64)52(62)49(72-57)46-69-58-55(65)53(63)51(61)48(43-59)71-58/h5,7,11,13-14,16-17,19-20,22-23,25-27,47-49,51-59,61-66H,3-4,6,8-10,12,15,18,21,24,28-46H2,1-2H3/b7-5-,13-11-,16-14-,19-17-,23-22-,26-25-,27-20-. The van der Waals surface area contributed by atoms with E-state index in [1.807, 2.05) is 0 Å². The molecule has 2 heterocycles. The second kappa shape index (κ2) is 44.5. The fourth-order valence-corrected chi connectivity index (χ4v) is 8.16. The first-order valence-corrected chi connectivity index (χ1v) is 27.7. The molecule has 0 aromatic carbocycles. The Bertz CT molecular complexity index is 1510. The van der Waals surface area contributed by atoms with Crippen LogP contribution in [-0.4, -0.2) is 142 Å². The number of hydrogen-bond acceptors (Lipinski definition) is 14. The van der Waals surface area contributed by atoms with Crippen LogP contribution in [0.4, 0.5) is 0 Å². The van der Waals surface area contributed by atoms with Gasteiger partial charge in [-0.05, 0) is 89.9 Å². The minimum atomic E-state index is -1.72. The molecular formula is C58H98O14. The first-order chi connectivity index (χ1) is 35.1. The van der Waals surface area contributed by atoms with Gasteiger partial charge in [-0.25, -0.2) is 0 Å². The molecule has 72 heavy (non-hydrogen) atoms. The van der Waals surface area contributed by atoms with Crippen molar-refractivity contribution < 1.29 is 69.0 Å². The zero-order valence-electron chi connectivity index (χ0n) is 44.1. The van der Waals surface area contributed by atoms with Gasteiger partial charge in [-0.3, -0.25) is 4.79 Å². The fourth-order valence-electron chi connectivity index (χ4n) is 8.16. The molecule has 0 aromatic rings. The lowest BCUT2D eigenvalue weighted by molar-refractivity contribution is -0.332. The number of aliphatic hydroxyl groups excluding tert-OH is 7. The number of hydrogen-bond donors (Lipinski definition) is 7. The van der Waals surface area contributed by atoms with E-state index in [1.165, 1.54) is 32.1 Å². The average molecular weight is 1020 g/mol. The minimum Gasteiger partial charge on any atom is -0.457 e. The van der Waals surface area contributed by atoms with Gasteiger partial charge in [-0.15, -0.1) is 0 Å². The molecule has 2 aliphatic heterocycles. The SMILES string of the molecule is CC/C=C\C/C=C\C/C=C\C/C=C\C/C=C\CCCCCCCCOCC(COC1OC(COC2OC(CO)C(O)C(O)C2O)C(O)C(O)C1O)OC(=O)CCCCCCC/C=C\C/C=C\CCCCCC. The lowest BCUT2D eigenvalue weighted by atomic mass is 9.98. The highest BCUT2D eigenvalue weighted by atomic mass is 16.7. The number of carbonyl (C=O) groups is 1. The molecule has 2 fully saturated rings. The number of carbonyl (C=O) groups excluding carboxylic acids is 1. The van der Waals surface area contributed by atoms with Crippen molar-refractivity contribution in [1.82, 2.24) is 0 Å². The minimum absolute atomic E-state index is 0.0406. The summed E-state index contributed by atoms with van der Waals surface area (Å²) in [5.74, 6) is -0.399. The Morgan fingerprint density at radius 2 is 0.903 bits per heavy atom. The summed E-state index contributed by atoms with van der Waals surface area (Å²) < 4.78 is 34.3. The van der Waals surface area contributed by atoms with Crippen molar-refractivity contribution in [3.8, 4) is 0 Å². The summed E-state index contributed by atoms with van der Waals surface area (Å²) in [5.41, 5.74) is 0. The highest BCUT2D eigenvalue weighted by Crippen LogP contribution is 2.26. The normalized spacial score (nSPS) is 25.8. The third kappa shape index (κ3) is 31.1. The van der Waals surface area contributed by atoms with Crippen LogP contribution in [0.1, 0.15) is 174 Å². The summed E-state index contributed by atoms with van der Waals surface area (Å²) in [4.78, 5) is 13.0. The molecule has 414 valence electrons. The topological polar surface area (TPSA) is 214 Å². The Balaban J connectivity index is 1.75. The molecule has 2 rings (SSSR count). The third-order valence-electron chi connectivity index (χ3n) is 12.6. The molecule has 0 bridgehead atoms. The van der Waals surface area contributed by atoms with Crippen LogP contribution in [-0.2, 0) is 33.2 Å². The maximum absolute atomic E-state index is 13.0. The van der Waals surface area contributed by atoms with Crippen LogP contribution >= 0.6 is 0 Å². The van der Waals surface area contributed by atoms with Gasteiger partial charge in [-0.1, -0.05) is 163 Å². The van der Waals surface area contributed by atoms with Crippen molar-refractivity contribution in [3.05, 3.63) is 85.1 Å². The molecule has 0 aliphatic carbocycles. The van der Waals surface area contributed by atoms with E-state index in [1.54, 1.807) is 0 Å². The first kappa shape index (κ1) is 65.3. The number of aliphatic hydroxyl groups is 7. The predicted molar refractivity (Wildman–Crippen MR) is 284 cm³/mol. The molecule has 7 N–H and O–H groups in total. The van der Waals surface area contributed by atoms with Crippen LogP contribution in [0.2, 0.25) is 0 Å². The van der Waals surface area contributed by atoms with Gasteiger partial charge >= 0.3 is 5.97 Å². The van der Waals surface area contributed by atoms with Gasteiger partial charge in [-0.2, -0.15) is 0 Å². The Morgan fingerprint density at radius 1 is 0.472 bits per heavy atom. The lowest BCUT2D eigenvalue weighted by Gasteiger charge is -2.42. The quantitative estimate of drug-likeness (QED) is 0.0172. The number of ether oxygens (including phenoxy) is 6. The van der Waals surface area contributed by atoms with E-state index in [-0.39, 0.29) is 19.6 Å². The van der Waals surface area contributed by atoms with Crippen molar-refractivity contribution in [1.29, 1.82) is 0 Å². The number of unbranched alkanes of at least 4 members (excludes halogenated alkanes) is 15. The largest absolute Gasteiger partial charge is 0.457 e. The summed E-state index contributed by atoms with van der Waals surface area (Å²) in [7, 11) is 0. The number of allylic oxidation sites excluding steroid dienone is 14. The second-order valence-corrected chi connectivity index (χ2v) is 19.0. The van der Waals surface area contributed by atoms with Gasteiger partial charge in [0, 0.05) is 13.0 Å². The van der Waals surface area contributed by atoms with Gasteiger partial charge in [0.1, 0.15) is 54.9 Å². The van der Waals surface area contributed by atoms with Crippen LogP contribution in [0.3, 0.4) is 0 Å². The smallest absolute Gasteiger partial charge is 0.306 e. The van der Waals surface area contributed by atoms with E-state index >= 15 is 0 Å². The highest BCUT2D eigenvalue weighted by Gasteiger charge is 2.47. The van der Waals surface area contributed by atoms with Crippen molar-refractivity contribution >= 4 is 5.97 Å². The number of rotatable bonds is 43. The summed E-state index contributed by atoms with van der Waals surface area (Å²) in [5, 5.41) is 72.3. The molecule has 14 heteroatoms. The average Bonchev–Trinajstić information content (AvgIpc) is 3.38. The molecule has 0 spiro atoms. The van der Waals surface area contributed by atoms with E-state index < -0.39 is 86.7 Å². The molecule has 2 saturated heterocycles.